The van der Waals surface area contributed by atoms with E-state index in [9.17, 15) is 9.59 Å². The third-order valence-corrected chi connectivity index (χ3v) is 6.13. The second-order valence-electron chi connectivity index (χ2n) is 8.96. The zero-order valence-corrected chi connectivity index (χ0v) is 21.2. The van der Waals surface area contributed by atoms with Gasteiger partial charge in [-0.3, -0.25) is 14.5 Å². The molecule has 10 heteroatoms. The van der Waals surface area contributed by atoms with Crippen LogP contribution in [-0.4, -0.2) is 42.7 Å². The molecule has 0 aliphatic heterocycles. The standard InChI is InChI=1S/C26H32N6O4/c1-5-8-22(25-28-29-30-32(25)16-23(33)35-6-2)31(15-21-9-7-10-36-21)14-20-13-19-12-17(3)11-18(4)24(19)27-26(20)34/h7,9-13,22H,5-6,8,14-16H2,1-4H3,(H,27,34)/t22-/m0/s1. The van der Waals surface area contributed by atoms with Gasteiger partial charge in [-0.1, -0.05) is 25.0 Å². The number of nitrogens with one attached hydrogen (secondary N) is 1. The molecule has 36 heavy (non-hydrogen) atoms. The molecule has 0 fully saturated rings. The monoisotopic (exact) mass is 492 g/mol. The molecule has 0 saturated heterocycles. The van der Waals surface area contributed by atoms with Crippen LogP contribution in [0.4, 0.5) is 0 Å². The Morgan fingerprint density at radius 3 is 2.78 bits per heavy atom. The first-order chi connectivity index (χ1) is 17.4. The highest BCUT2D eigenvalue weighted by molar-refractivity contribution is 5.82. The molecule has 0 aliphatic carbocycles. The second kappa shape index (κ2) is 11.3. The van der Waals surface area contributed by atoms with Crippen LogP contribution in [0.1, 0.15) is 61.0 Å². The number of aryl methyl sites for hydroxylation is 2. The molecule has 4 rings (SSSR count). The maximum absolute atomic E-state index is 13.1. The van der Waals surface area contributed by atoms with Gasteiger partial charge in [0.05, 0.1) is 31.0 Å². The number of fused-ring (bicyclic) bond motifs is 1. The predicted octanol–water partition coefficient (Wildman–Crippen LogP) is 3.83. The molecule has 0 spiro atoms. The summed E-state index contributed by atoms with van der Waals surface area (Å²) in [6, 6.07) is 9.55. The number of tetrazole rings is 1. The van der Waals surface area contributed by atoms with Gasteiger partial charge in [0.25, 0.3) is 5.56 Å². The van der Waals surface area contributed by atoms with Crippen molar-refractivity contribution in [3.05, 3.63) is 75.2 Å². The number of pyridine rings is 1. The number of furan rings is 1. The molecule has 1 atom stereocenters. The van der Waals surface area contributed by atoms with Gasteiger partial charge in [-0.05, 0) is 72.8 Å². The van der Waals surface area contributed by atoms with Crippen molar-refractivity contribution >= 4 is 16.9 Å². The topological polar surface area (TPSA) is 119 Å². The number of H-pyrrole nitrogens is 1. The Labute approximate surface area is 209 Å². The first-order valence-corrected chi connectivity index (χ1v) is 12.2. The molecule has 0 unspecified atom stereocenters. The number of carbonyl (C=O) groups excluding carboxylic acids is 1. The summed E-state index contributed by atoms with van der Waals surface area (Å²) in [7, 11) is 0. The van der Waals surface area contributed by atoms with Crippen molar-refractivity contribution in [2.45, 2.75) is 66.2 Å². The second-order valence-corrected chi connectivity index (χ2v) is 8.96. The fourth-order valence-corrected chi connectivity index (χ4v) is 4.59. The predicted molar refractivity (Wildman–Crippen MR) is 134 cm³/mol. The van der Waals surface area contributed by atoms with Gasteiger partial charge in [-0.25, -0.2) is 4.68 Å². The van der Waals surface area contributed by atoms with Crippen LogP contribution in [0.15, 0.2) is 45.8 Å². The van der Waals surface area contributed by atoms with Crippen LogP contribution in [0.5, 0.6) is 0 Å². The zero-order chi connectivity index (χ0) is 25.7. The summed E-state index contributed by atoms with van der Waals surface area (Å²) in [6.45, 7) is 8.85. The molecule has 0 saturated carbocycles. The lowest BCUT2D eigenvalue weighted by Crippen LogP contribution is -2.33. The van der Waals surface area contributed by atoms with Crippen LogP contribution in [0, 0.1) is 13.8 Å². The molecule has 3 heterocycles. The average molecular weight is 493 g/mol. The highest BCUT2D eigenvalue weighted by atomic mass is 16.5. The molecule has 0 radical (unpaired) electrons. The first-order valence-electron chi connectivity index (χ1n) is 12.2. The SMILES string of the molecule is CCC[C@@H](c1nnnn1CC(=O)OCC)N(Cc1ccco1)Cc1cc2cc(C)cc(C)c2[nH]c1=O. The van der Waals surface area contributed by atoms with E-state index in [1.54, 1.807) is 13.2 Å². The summed E-state index contributed by atoms with van der Waals surface area (Å²) in [5, 5.41) is 13.1. The summed E-state index contributed by atoms with van der Waals surface area (Å²) in [4.78, 5) is 30.5. The molecule has 1 aromatic carbocycles. The largest absolute Gasteiger partial charge is 0.468 e. The third kappa shape index (κ3) is 5.71. The average Bonchev–Trinajstić information content (AvgIpc) is 3.50. The fraction of sp³-hybridized carbons (Fsp3) is 0.423. The van der Waals surface area contributed by atoms with E-state index in [-0.39, 0.29) is 24.8 Å². The normalized spacial score (nSPS) is 12.4. The Bertz CT molecular complexity index is 1380. The number of carbonyl (C=O) groups is 1. The fourth-order valence-electron chi connectivity index (χ4n) is 4.59. The summed E-state index contributed by atoms with van der Waals surface area (Å²) in [6.07, 6.45) is 3.19. The van der Waals surface area contributed by atoms with Gasteiger partial charge in [0.1, 0.15) is 12.3 Å². The summed E-state index contributed by atoms with van der Waals surface area (Å²) in [5.41, 5.74) is 3.50. The van der Waals surface area contributed by atoms with Crippen LogP contribution >= 0.6 is 0 Å². The van der Waals surface area contributed by atoms with Crippen molar-refractivity contribution < 1.29 is 13.9 Å². The van der Waals surface area contributed by atoms with Crippen LogP contribution in [0.25, 0.3) is 10.9 Å². The molecular formula is C26H32N6O4. The molecule has 0 amide bonds. The molecule has 3 aromatic heterocycles. The minimum Gasteiger partial charge on any atom is -0.468 e. The number of aromatic amines is 1. The van der Waals surface area contributed by atoms with Gasteiger partial charge in [0, 0.05) is 12.1 Å². The smallest absolute Gasteiger partial charge is 0.327 e. The van der Waals surface area contributed by atoms with Gasteiger partial charge in [0.2, 0.25) is 0 Å². The van der Waals surface area contributed by atoms with Crippen molar-refractivity contribution in [3.8, 4) is 0 Å². The molecule has 4 aromatic rings. The van der Waals surface area contributed by atoms with E-state index in [2.05, 4.69) is 44.5 Å². The van der Waals surface area contributed by atoms with Crippen LogP contribution in [-0.2, 0) is 29.2 Å². The van der Waals surface area contributed by atoms with Gasteiger partial charge in [-0.2, -0.15) is 0 Å². The van der Waals surface area contributed by atoms with E-state index in [0.717, 1.165) is 34.2 Å². The molecule has 1 N–H and O–H groups in total. The first kappa shape index (κ1) is 25.3. The van der Waals surface area contributed by atoms with Gasteiger partial charge >= 0.3 is 5.97 Å². The lowest BCUT2D eigenvalue weighted by molar-refractivity contribution is -0.144. The maximum Gasteiger partial charge on any atom is 0.327 e. The third-order valence-electron chi connectivity index (χ3n) is 6.13. The Balaban J connectivity index is 1.74. The lowest BCUT2D eigenvalue weighted by atomic mass is 10.0. The van der Waals surface area contributed by atoms with Crippen molar-refractivity contribution in [3.63, 3.8) is 0 Å². The number of ether oxygens (including phenoxy) is 1. The number of nitrogens with zero attached hydrogens (tertiary/aromatic N) is 5. The van der Waals surface area contributed by atoms with Gasteiger partial charge in [-0.15, -0.1) is 5.10 Å². The summed E-state index contributed by atoms with van der Waals surface area (Å²) >= 11 is 0. The van der Waals surface area contributed by atoms with Crippen LogP contribution < -0.4 is 5.56 Å². The molecular weight excluding hydrogens is 460 g/mol. The van der Waals surface area contributed by atoms with E-state index >= 15 is 0 Å². The van der Waals surface area contributed by atoms with Crippen molar-refractivity contribution in [1.29, 1.82) is 0 Å². The van der Waals surface area contributed by atoms with Crippen molar-refractivity contribution in [1.82, 2.24) is 30.1 Å². The van der Waals surface area contributed by atoms with E-state index in [1.807, 2.05) is 32.0 Å². The van der Waals surface area contributed by atoms with Crippen LogP contribution in [0.2, 0.25) is 0 Å². The number of aromatic nitrogens is 5. The minimum absolute atomic E-state index is 0.0832. The number of benzene rings is 1. The van der Waals surface area contributed by atoms with E-state index in [1.165, 1.54) is 4.68 Å². The number of rotatable bonds is 11. The minimum atomic E-state index is -0.407. The maximum atomic E-state index is 13.1. The van der Waals surface area contributed by atoms with Gasteiger partial charge < -0.3 is 14.1 Å². The zero-order valence-electron chi connectivity index (χ0n) is 21.2. The van der Waals surface area contributed by atoms with Crippen molar-refractivity contribution in [2.75, 3.05) is 6.61 Å². The quantitative estimate of drug-likeness (QED) is 0.314. The Morgan fingerprint density at radius 1 is 1.22 bits per heavy atom. The van der Waals surface area contributed by atoms with Gasteiger partial charge in [0.15, 0.2) is 5.82 Å². The Kier molecular flexibility index (Phi) is 7.94. The molecule has 0 aliphatic rings. The highest BCUT2D eigenvalue weighted by Crippen LogP contribution is 2.28. The van der Waals surface area contributed by atoms with Crippen molar-refractivity contribution in [2.24, 2.45) is 0 Å². The van der Waals surface area contributed by atoms with Crippen LogP contribution in [0.3, 0.4) is 0 Å². The van der Waals surface area contributed by atoms with E-state index in [4.69, 9.17) is 9.15 Å². The number of hydrogen-bond acceptors (Lipinski definition) is 8. The summed E-state index contributed by atoms with van der Waals surface area (Å²) < 4.78 is 12.2. The Morgan fingerprint density at radius 2 is 2.06 bits per heavy atom. The Hall–Kier alpha value is -3.79. The molecule has 190 valence electrons. The summed E-state index contributed by atoms with van der Waals surface area (Å²) in [5.74, 6) is 0.889. The number of esters is 1. The highest BCUT2D eigenvalue weighted by Gasteiger charge is 2.28. The van der Waals surface area contributed by atoms with E-state index in [0.29, 0.717) is 30.9 Å². The number of hydrogen-bond donors (Lipinski definition) is 1. The lowest BCUT2D eigenvalue weighted by Gasteiger charge is -2.30. The van der Waals surface area contributed by atoms with E-state index < -0.39 is 5.97 Å². The molecule has 0 bridgehead atoms. The molecule has 10 nitrogen and oxygen atoms in total.